The first-order valence-corrected chi connectivity index (χ1v) is 12.8. The summed E-state index contributed by atoms with van der Waals surface area (Å²) >= 11 is 9.64. The number of benzene rings is 2. The van der Waals surface area contributed by atoms with E-state index in [4.69, 9.17) is 21.4 Å². The average molecular weight is 511 g/mol. The highest BCUT2D eigenvalue weighted by Gasteiger charge is 2.52. The van der Waals surface area contributed by atoms with Gasteiger partial charge < -0.3 is 4.74 Å². The number of halogens is 2. The summed E-state index contributed by atoms with van der Waals surface area (Å²) < 4.78 is 33.1. The number of piperidine rings is 1. The molecular formula is C21H21BrClN3O3S. The standard InChI is InChI=1S/C21H21BrClN3O3S/c1-30(27,28)25-10-8-21(9-11-25)26-19(17-12-15(22)4-7-20(17)29-21)13-18(24-26)14-2-5-16(23)6-3-14/h2-7,12,19H,8-11,13H2,1H3. The Labute approximate surface area is 189 Å². The molecule has 30 heavy (non-hydrogen) atoms. The van der Waals surface area contributed by atoms with E-state index in [0.717, 1.165) is 33.5 Å². The predicted molar refractivity (Wildman–Crippen MR) is 120 cm³/mol. The molecule has 0 aliphatic carbocycles. The van der Waals surface area contributed by atoms with E-state index >= 15 is 0 Å². The maximum absolute atomic E-state index is 12.0. The second-order valence-corrected chi connectivity index (χ2v) is 11.3. The second kappa shape index (κ2) is 7.22. The summed E-state index contributed by atoms with van der Waals surface area (Å²) in [6.45, 7) is 0.833. The summed E-state index contributed by atoms with van der Waals surface area (Å²) in [6.07, 6.45) is 3.13. The Hall–Kier alpha value is -1.61. The molecule has 1 unspecified atom stereocenters. The van der Waals surface area contributed by atoms with Gasteiger partial charge in [-0.25, -0.2) is 17.7 Å². The van der Waals surface area contributed by atoms with Crippen LogP contribution in [-0.4, -0.2) is 48.5 Å². The molecule has 3 heterocycles. The maximum Gasteiger partial charge on any atom is 0.211 e. The Morgan fingerprint density at radius 2 is 1.87 bits per heavy atom. The van der Waals surface area contributed by atoms with E-state index < -0.39 is 15.7 Å². The van der Waals surface area contributed by atoms with Gasteiger partial charge in [0.2, 0.25) is 15.7 Å². The van der Waals surface area contributed by atoms with Crippen LogP contribution in [0.5, 0.6) is 5.75 Å². The second-order valence-electron chi connectivity index (χ2n) is 8.01. The molecule has 0 N–H and O–H groups in total. The third kappa shape index (κ3) is 3.43. The van der Waals surface area contributed by atoms with E-state index in [-0.39, 0.29) is 6.04 Å². The number of hydrazone groups is 1. The van der Waals surface area contributed by atoms with Gasteiger partial charge in [0.25, 0.3) is 0 Å². The van der Waals surface area contributed by atoms with Crippen LogP contribution in [0.15, 0.2) is 52.0 Å². The summed E-state index contributed by atoms with van der Waals surface area (Å²) in [5.41, 5.74) is 2.46. The minimum absolute atomic E-state index is 0.0433. The number of rotatable bonds is 2. The minimum Gasteiger partial charge on any atom is -0.466 e. The molecule has 1 fully saturated rings. The van der Waals surface area contributed by atoms with Gasteiger partial charge in [-0.1, -0.05) is 39.7 Å². The molecule has 5 rings (SSSR count). The van der Waals surface area contributed by atoms with Crippen LogP contribution in [0.2, 0.25) is 5.02 Å². The topological polar surface area (TPSA) is 62.2 Å². The zero-order chi connectivity index (χ0) is 21.1. The smallest absolute Gasteiger partial charge is 0.211 e. The van der Waals surface area contributed by atoms with E-state index in [2.05, 4.69) is 27.0 Å². The molecule has 2 aromatic carbocycles. The molecule has 1 saturated heterocycles. The predicted octanol–water partition coefficient (Wildman–Crippen LogP) is 4.40. The van der Waals surface area contributed by atoms with Crippen molar-refractivity contribution in [3.05, 3.63) is 63.1 Å². The molecule has 2 aromatic rings. The first kappa shape index (κ1) is 20.3. The Kier molecular flexibility index (Phi) is 4.89. The number of hydrogen-bond acceptors (Lipinski definition) is 5. The fourth-order valence-corrected chi connectivity index (χ4v) is 5.92. The van der Waals surface area contributed by atoms with Crippen molar-refractivity contribution in [2.24, 2.45) is 5.10 Å². The Balaban J connectivity index is 1.55. The highest BCUT2D eigenvalue weighted by Crippen LogP contribution is 2.50. The number of fused-ring (bicyclic) bond motifs is 4. The van der Waals surface area contributed by atoms with E-state index in [1.165, 1.54) is 10.6 Å². The summed E-state index contributed by atoms with van der Waals surface area (Å²) in [5.74, 6) is 0.847. The number of ether oxygens (including phenoxy) is 1. The van der Waals surface area contributed by atoms with Crippen molar-refractivity contribution >= 4 is 43.3 Å². The van der Waals surface area contributed by atoms with Crippen LogP contribution >= 0.6 is 27.5 Å². The molecule has 1 spiro atoms. The van der Waals surface area contributed by atoms with Crippen molar-refractivity contribution in [3.63, 3.8) is 0 Å². The van der Waals surface area contributed by atoms with Crippen molar-refractivity contribution in [2.75, 3.05) is 19.3 Å². The van der Waals surface area contributed by atoms with Crippen LogP contribution in [0, 0.1) is 0 Å². The molecule has 0 amide bonds. The molecule has 0 radical (unpaired) electrons. The van der Waals surface area contributed by atoms with Gasteiger partial charge in [0.05, 0.1) is 18.0 Å². The van der Waals surface area contributed by atoms with Crippen molar-refractivity contribution in [3.8, 4) is 5.75 Å². The summed E-state index contributed by atoms with van der Waals surface area (Å²) in [5, 5.41) is 7.77. The van der Waals surface area contributed by atoms with Crippen LogP contribution in [0.3, 0.4) is 0 Å². The van der Waals surface area contributed by atoms with Gasteiger partial charge in [-0.2, -0.15) is 5.10 Å². The number of sulfonamides is 1. The highest BCUT2D eigenvalue weighted by atomic mass is 79.9. The van der Waals surface area contributed by atoms with E-state index in [0.29, 0.717) is 31.0 Å². The average Bonchev–Trinajstić information content (AvgIpc) is 3.16. The lowest BCUT2D eigenvalue weighted by Crippen LogP contribution is -2.59. The van der Waals surface area contributed by atoms with Crippen molar-refractivity contribution < 1.29 is 13.2 Å². The largest absolute Gasteiger partial charge is 0.466 e. The maximum atomic E-state index is 12.0. The van der Waals surface area contributed by atoms with Crippen molar-refractivity contribution in [1.82, 2.24) is 9.31 Å². The molecule has 0 bridgehead atoms. The first-order valence-electron chi connectivity index (χ1n) is 9.82. The highest BCUT2D eigenvalue weighted by molar-refractivity contribution is 9.10. The van der Waals surface area contributed by atoms with Crippen molar-refractivity contribution in [1.29, 1.82) is 0 Å². The van der Waals surface area contributed by atoms with E-state index in [1.54, 1.807) is 0 Å². The monoisotopic (exact) mass is 509 g/mol. The first-order chi connectivity index (χ1) is 14.2. The quantitative estimate of drug-likeness (QED) is 0.601. The number of nitrogens with zero attached hydrogens (tertiary/aromatic N) is 3. The molecule has 3 aliphatic rings. The van der Waals surface area contributed by atoms with E-state index in [9.17, 15) is 8.42 Å². The van der Waals surface area contributed by atoms with E-state index in [1.807, 2.05) is 36.4 Å². The molecule has 6 nitrogen and oxygen atoms in total. The molecule has 158 valence electrons. The Bertz CT molecular complexity index is 1130. The summed E-state index contributed by atoms with van der Waals surface area (Å²) in [7, 11) is -3.22. The normalized spacial score (nSPS) is 23.0. The molecule has 0 aromatic heterocycles. The number of hydrogen-bond donors (Lipinski definition) is 0. The Morgan fingerprint density at radius 3 is 2.53 bits per heavy atom. The lowest BCUT2D eigenvalue weighted by Gasteiger charge is -2.50. The van der Waals surface area contributed by atoms with Crippen molar-refractivity contribution in [2.45, 2.75) is 31.0 Å². The lowest BCUT2D eigenvalue weighted by atomic mass is 9.91. The summed E-state index contributed by atoms with van der Waals surface area (Å²) in [4.78, 5) is 0. The van der Waals surface area contributed by atoms with Gasteiger partial charge in [0.15, 0.2) is 0 Å². The third-order valence-electron chi connectivity index (χ3n) is 6.11. The fraction of sp³-hybridized carbons (Fsp3) is 0.381. The van der Waals surface area contributed by atoms with Gasteiger partial charge in [-0.15, -0.1) is 0 Å². The molecular weight excluding hydrogens is 490 g/mol. The summed E-state index contributed by atoms with van der Waals surface area (Å²) in [6, 6.07) is 13.8. The molecule has 3 aliphatic heterocycles. The fourth-order valence-electron chi connectivity index (χ4n) is 4.57. The van der Waals surface area contributed by atoms with Crippen LogP contribution in [0.1, 0.15) is 36.4 Å². The van der Waals surface area contributed by atoms with Gasteiger partial charge in [0, 0.05) is 47.4 Å². The molecule has 9 heteroatoms. The SMILES string of the molecule is CS(=O)(=O)N1CCC2(CC1)Oc1ccc(Br)cc1C1CC(c3ccc(Cl)cc3)=NN12. The Morgan fingerprint density at radius 1 is 1.17 bits per heavy atom. The van der Waals surface area contributed by atoms with Crippen LogP contribution in [-0.2, 0) is 10.0 Å². The van der Waals surface area contributed by atoms with Gasteiger partial charge in [0.1, 0.15) is 5.75 Å². The minimum atomic E-state index is -3.22. The lowest BCUT2D eigenvalue weighted by molar-refractivity contribution is -0.143. The van der Waals surface area contributed by atoms with Crippen LogP contribution < -0.4 is 4.74 Å². The third-order valence-corrected chi connectivity index (χ3v) is 8.16. The van der Waals surface area contributed by atoms with Crippen LogP contribution in [0.25, 0.3) is 0 Å². The van der Waals surface area contributed by atoms with Gasteiger partial charge >= 0.3 is 0 Å². The molecule has 1 atom stereocenters. The zero-order valence-corrected chi connectivity index (χ0v) is 19.5. The molecule has 0 saturated carbocycles. The van der Waals surface area contributed by atoms with Gasteiger partial charge in [-0.3, -0.25) is 0 Å². The van der Waals surface area contributed by atoms with Crippen LogP contribution in [0.4, 0.5) is 0 Å². The zero-order valence-electron chi connectivity index (χ0n) is 16.4. The van der Waals surface area contributed by atoms with Gasteiger partial charge in [-0.05, 0) is 35.9 Å².